The van der Waals surface area contributed by atoms with Crippen LogP contribution in [0.4, 0.5) is 0 Å². The van der Waals surface area contributed by atoms with Crippen LogP contribution in [0.15, 0.2) is 64.3 Å². The second-order valence-corrected chi connectivity index (χ2v) is 10.2. The zero-order valence-electron chi connectivity index (χ0n) is 18.6. The van der Waals surface area contributed by atoms with Gasteiger partial charge in [-0.1, -0.05) is 35.5 Å². The Morgan fingerprint density at radius 3 is 2.62 bits per heavy atom. The predicted octanol–water partition coefficient (Wildman–Crippen LogP) is 2.14. The molecule has 1 fully saturated rings. The summed E-state index contributed by atoms with van der Waals surface area (Å²) >= 11 is 0. The zero-order chi connectivity index (χ0) is 23.7. The van der Waals surface area contributed by atoms with E-state index in [1.807, 2.05) is 24.3 Å². The van der Waals surface area contributed by atoms with Crippen molar-refractivity contribution in [3.63, 3.8) is 0 Å². The number of benzene rings is 2. The first-order chi connectivity index (χ1) is 16.5. The maximum atomic E-state index is 13.1. The lowest BCUT2D eigenvalue weighted by molar-refractivity contribution is 0.309. The smallest absolute Gasteiger partial charge is 0.281 e. The maximum absolute atomic E-state index is 13.1. The van der Waals surface area contributed by atoms with Gasteiger partial charge < -0.3 is 9.72 Å². The summed E-state index contributed by atoms with van der Waals surface area (Å²) < 4.78 is 34.5. The van der Waals surface area contributed by atoms with Crippen LogP contribution in [0, 0.1) is 0 Å². The molecule has 176 valence electrons. The van der Waals surface area contributed by atoms with E-state index in [0.29, 0.717) is 31.0 Å². The average molecular weight is 481 g/mol. The number of hydrogen-bond acceptors (Lipinski definition) is 7. The van der Waals surface area contributed by atoms with E-state index in [1.54, 1.807) is 42.1 Å². The van der Waals surface area contributed by atoms with Crippen molar-refractivity contribution in [3.05, 3.63) is 76.3 Å². The van der Waals surface area contributed by atoms with Crippen molar-refractivity contribution >= 4 is 21.2 Å². The largest absolute Gasteiger partial charge is 0.497 e. The molecule has 3 heterocycles. The molecule has 1 N–H and O–H groups in total. The van der Waals surface area contributed by atoms with Gasteiger partial charge in [0.05, 0.1) is 18.6 Å². The normalized spacial score (nSPS) is 17.1. The number of aromatic amines is 1. The van der Waals surface area contributed by atoms with Crippen LogP contribution in [-0.2, 0) is 16.6 Å². The Hall–Kier alpha value is -3.57. The molecule has 5 rings (SSSR count). The minimum absolute atomic E-state index is 0.154. The number of hydrogen-bond donors (Lipinski definition) is 1. The molecule has 1 atom stereocenters. The zero-order valence-corrected chi connectivity index (χ0v) is 19.4. The maximum Gasteiger partial charge on any atom is 0.281 e. The van der Waals surface area contributed by atoms with Gasteiger partial charge >= 0.3 is 0 Å². The lowest BCUT2D eigenvalue weighted by atomic mass is 9.99. The molecule has 0 radical (unpaired) electrons. The Labute approximate surface area is 196 Å². The number of aromatic nitrogens is 5. The fourth-order valence-corrected chi connectivity index (χ4v) is 5.76. The summed E-state index contributed by atoms with van der Waals surface area (Å²) in [5.74, 6) is 0.953. The van der Waals surface area contributed by atoms with Gasteiger partial charge in [0.1, 0.15) is 11.6 Å². The van der Waals surface area contributed by atoms with Crippen molar-refractivity contribution in [1.82, 2.24) is 29.3 Å². The molecule has 4 aromatic rings. The van der Waals surface area contributed by atoms with Gasteiger partial charge in [-0.25, -0.2) is 18.1 Å². The minimum Gasteiger partial charge on any atom is -0.497 e. The van der Waals surface area contributed by atoms with Gasteiger partial charge in [0, 0.05) is 19.0 Å². The third kappa shape index (κ3) is 4.19. The van der Waals surface area contributed by atoms with E-state index in [1.165, 1.54) is 4.31 Å². The third-order valence-electron chi connectivity index (χ3n) is 6.04. The van der Waals surface area contributed by atoms with Crippen molar-refractivity contribution in [2.45, 2.75) is 30.2 Å². The molecule has 11 heteroatoms. The highest BCUT2D eigenvalue weighted by Gasteiger charge is 2.32. The van der Waals surface area contributed by atoms with Gasteiger partial charge in [-0.3, -0.25) is 4.79 Å². The summed E-state index contributed by atoms with van der Waals surface area (Å²) in [5.41, 5.74) is 1.09. The minimum atomic E-state index is -3.63. The Morgan fingerprint density at radius 1 is 1.12 bits per heavy atom. The summed E-state index contributed by atoms with van der Waals surface area (Å²) in [6, 6.07) is 15.9. The molecular formula is C23H24N6O4S. The van der Waals surface area contributed by atoms with Crippen molar-refractivity contribution in [2.24, 2.45) is 0 Å². The number of H-pyrrole nitrogens is 1. The van der Waals surface area contributed by atoms with E-state index < -0.39 is 10.0 Å². The molecule has 0 spiro atoms. The summed E-state index contributed by atoms with van der Waals surface area (Å²) in [5, 5.41) is 8.12. The number of nitrogens with one attached hydrogen (secondary N) is 1. The average Bonchev–Trinajstić information content (AvgIpc) is 3.28. The SMILES string of the molecule is COc1ccc(Cn2nnc3c(=O)[nH]c([C@H]4CCCN(S(=O)(=O)c5ccccc5)C4)nc32)cc1. The monoisotopic (exact) mass is 480 g/mol. The molecule has 0 unspecified atom stereocenters. The Kier molecular flexibility index (Phi) is 5.88. The first kappa shape index (κ1) is 22.2. The van der Waals surface area contributed by atoms with Gasteiger partial charge in [0.2, 0.25) is 10.0 Å². The van der Waals surface area contributed by atoms with Crippen molar-refractivity contribution in [1.29, 1.82) is 0 Å². The summed E-state index contributed by atoms with van der Waals surface area (Å²) in [4.78, 5) is 20.5. The number of ether oxygens (including phenoxy) is 1. The van der Waals surface area contributed by atoms with Crippen LogP contribution in [0.25, 0.3) is 11.2 Å². The van der Waals surface area contributed by atoms with Crippen molar-refractivity contribution in [2.75, 3.05) is 20.2 Å². The second kappa shape index (κ2) is 8.99. The number of rotatable bonds is 6. The molecule has 1 aliphatic rings. The highest BCUT2D eigenvalue weighted by molar-refractivity contribution is 7.89. The highest BCUT2D eigenvalue weighted by atomic mass is 32.2. The Balaban J connectivity index is 1.44. The molecule has 10 nitrogen and oxygen atoms in total. The second-order valence-electron chi connectivity index (χ2n) is 8.23. The summed E-state index contributed by atoms with van der Waals surface area (Å²) in [7, 11) is -2.02. The van der Waals surface area contributed by atoms with Crippen molar-refractivity contribution in [3.8, 4) is 5.75 Å². The van der Waals surface area contributed by atoms with E-state index in [2.05, 4.69) is 20.3 Å². The first-order valence-electron chi connectivity index (χ1n) is 11.0. The van der Waals surface area contributed by atoms with Gasteiger partial charge in [-0.15, -0.1) is 5.10 Å². The predicted molar refractivity (Wildman–Crippen MR) is 125 cm³/mol. The molecule has 1 aliphatic heterocycles. The van der Waals surface area contributed by atoms with Crippen LogP contribution in [0.2, 0.25) is 0 Å². The summed E-state index contributed by atoms with van der Waals surface area (Å²) in [6.07, 6.45) is 1.39. The van der Waals surface area contributed by atoms with Gasteiger partial charge in [0.25, 0.3) is 5.56 Å². The van der Waals surface area contributed by atoms with Crippen LogP contribution in [0.1, 0.15) is 30.1 Å². The lowest BCUT2D eigenvalue weighted by Crippen LogP contribution is -2.39. The molecule has 0 bridgehead atoms. The summed E-state index contributed by atoms with van der Waals surface area (Å²) in [6.45, 7) is 1.05. The molecule has 0 aliphatic carbocycles. The van der Waals surface area contributed by atoms with Gasteiger partial charge in [-0.05, 0) is 42.7 Å². The molecule has 0 saturated carbocycles. The van der Waals surface area contributed by atoms with Crippen LogP contribution in [0.5, 0.6) is 5.75 Å². The standard InChI is InChI=1S/C23H24N6O4S/c1-33-18-11-9-16(10-12-18)14-29-22-20(26-27-29)23(30)25-21(24-22)17-6-5-13-28(15-17)34(31,32)19-7-3-2-4-8-19/h2-4,7-12,17H,5-6,13-15H2,1H3,(H,24,25,30)/t17-/m0/s1. The van der Waals surface area contributed by atoms with Crippen LogP contribution in [0.3, 0.4) is 0 Å². The van der Waals surface area contributed by atoms with E-state index in [4.69, 9.17) is 4.74 Å². The number of sulfonamides is 1. The Bertz CT molecular complexity index is 1470. The topological polar surface area (TPSA) is 123 Å². The van der Waals surface area contributed by atoms with E-state index in [0.717, 1.165) is 17.7 Å². The lowest BCUT2D eigenvalue weighted by Gasteiger charge is -2.31. The van der Waals surface area contributed by atoms with Crippen LogP contribution >= 0.6 is 0 Å². The first-order valence-corrected chi connectivity index (χ1v) is 12.4. The van der Waals surface area contributed by atoms with Crippen LogP contribution < -0.4 is 10.3 Å². The number of fused-ring (bicyclic) bond motifs is 1. The van der Waals surface area contributed by atoms with E-state index in [-0.39, 0.29) is 28.4 Å². The molecule has 34 heavy (non-hydrogen) atoms. The van der Waals surface area contributed by atoms with Crippen molar-refractivity contribution < 1.29 is 13.2 Å². The number of piperidine rings is 1. The fourth-order valence-electron chi connectivity index (χ4n) is 4.21. The quantitative estimate of drug-likeness (QED) is 0.448. The molecular weight excluding hydrogens is 456 g/mol. The van der Waals surface area contributed by atoms with E-state index >= 15 is 0 Å². The molecule has 2 aromatic carbocycles. The van der Waals surface area contributed by atoms with Gasteiger partial charge in [-0.2, -0.15) is 4.31 Å². The Morgan fingerprint density at radius 2 is 1.88 bits per heavy atom. The molecule has 1 saturated heterocycles. The number of methoxy groups -OCH3 is 1. The van der Waals surface area contributed by atoms with E-state index in [9.17, 15) is 13.2 Å². The molecule has 0 amide bonds. The van der Waals surface area contributed by atoms with Crippen LogP contribution in [-0.4, -0.2) is 57.9 Å². The third-order valence-corrected chi connectivity index (χ3v) is 7.91. The molecule has 2 aromatic heterocycles. The highest BCUT2D eigenvalue weighted by Crippen LogP contribution is 2.28. The number of nitrogens with zero attached hydrogens (tertiary/aromatic N) is 5. The fraction of sp³-hybridized carbons (Fsp3) is 0.304. The van der Waals surface area contributed by atoms with Gasteiger partial charge in [0.15, 0.2) is 11.2 Å².